The lowest BCUT2D eigenvalue weighted by Crippen LogP contribution is -2.30. The van der Waals surface area contributed by atoms with E-state index in [1.165, 1.54) is 15.7 Å². The summed E-state index contributed by atoms with van der Waals surface area (Å²) < 4.78 is 1.52. The quantitative estimate of drug-likeness (QED) is 0.282. The average Bonchev–Trinajstić information content (AvgIpc) is 3.34. The Morgan fingerprint density at radius 2 is 1.39 bits per heavy atom. The standard InChI is InChI=1S/C31H30N4O3/c1-19-12-9-15-28(22(19)4)35-29(36)25(26(33-35)16-23-13-7-5-10-20(23)2)17-27-30(37)34(31(38)32-27)18-24-14-8-6-11-21(24)3/h5-15,17,33H,16,18H2,1-4H3,(H,32,38). The van der Waals surface area contributed by atoms with Gasteiger partial charge < -0.3 is 5.32 Å². The van der Waals surface area contributed by atoms with Crippen molar-refractivity contribution in [2.24, 2.45) is 0 Å². The molecule has 0 bridgehead atoms. The number of amides is 3. The van der Waals surface area contributed by atoms with E-state index >= 15 is 0 Å². The topological polar surface area (TPSA) is 87.2 Å². The maximum absolute atomic E-state index is 13.8. The molecule has 0 radical (unpaired) electrons. The average molecular weight is 507 g/mol. The van der Waals surface area contributed by atoms with Crippen LogP contribution in [-0.4, -0.2) is 26.6 Å². The van der Waals surface area contributed by atoms with Crippen molar-refractivity contribution in [3.05, 3.63) is 127 Å². The Kier molecular flexibility index (Phi) is 6.59. The zero-order valence-corrected chi connectivity index (χ0v) is 22.0. The van der Waals surface area contributed by atoms with Gasteiger partial charge in [-0.25, -0.2) is 9.48 Å². The van der Waals surface area contributed by atoms with Gasteiger partial charge in [0.2, 0.25) is 0 Å². The van der Waals surface area contributed by atoms with Gasteiger partial charge >= 0.3 is 6.03 Å². The molecule has 1 aliphatic heterocycles. The number of benzene rings is 3. The Morgan fingerprint density at radius 1 is 0.763 bits per heavy atom. The zero-order chi connectivity index (χ0) is 27.0. The molecule has 0 aliphatic carbocycles. The largest absolute Gasteiger partial charge is 0.329 e. The van der Waals surface area contributed by atoms with E-state index in [1.807, 2.05) is 94.4 Å². The number of carbonyl (C=O) groups excluding carboxylic acids is 2. The highest BCUT2D eigenvalue weighted by Gasteiger charge is 2.34. The van der Waals surface area contributed by atoms with E-state index in [4.69, 9.17) is 0 Å². The summed E-state index contributed by atoms with van der Waals surface area (Å²) in [5.74, 6) is -0.459. The molecule has 0 spiro atoms. The molecule has 1 saturated heterocycles. The van der Waals surface area contributed by atoms with Gasteiger partial charge in [0, 0.05) is 12.1 Å². The summed E-state index contributed by atoms with van der Waals surface area (Å²) in [7, 11) is 0. The highest BCUT2D eigenvalue weighted by Crippen LogP contribution is 2.22. The molecule has 3 aromatic carbocycles. The van der Waals surface area contributed by atoms with Gasteiger partial charge in [0.05, 0.1) is 17.8 Å². The monoisotopic (exact) mass is 506 g/mol. The molecule has 0 atom stereocenters. The van der Waals surface area contributed by atoms with Crippen molar-refractivity contribution in [1.82, 2.24) is 20.0 Å². The highest BCUT2D eigenvalue weighted by molar-refractivity contribution is 6.14. The third-order valence-corrected chi connectivity index (χ3v) is 7.29. The van der Waals surface area contributed by atoms with Crippen LogP contribution in [-0.2, 0) is 17.8 Å². The van der Waals surface area contributed by atoms with Crippen LogP contribution in [0.2, 0.25) is 0 Å². The lowest BCUT2D eigenvalue weighted by Gasteiger charge is -2.13. The number of urea groups is 1. The Balaban J connectivity index is 1.58. The van der Waals surface area contributed by atoms with E-state index in [9.17, 15) is 14.4 Å². The molecule has 7 nitrogen and oxygen atoms in total. The molecule has 1 aliphatic rings. The summed E-state index contributed by atoms with van der Waals surface area (Å²) >= 11 is 0. The zero-order valence-electron chi connectivity index (χ0n) is 22.0. The van der Waals surface area contributed by atoms with Gasteiger partial charge in [0.15, 0.2) is 0 Å². The van der Waals surface area contributed by atoms with E-state index in [0.717, 1.165) is 39.1 Å². The van der Waals surface area contributed by atoms with Crippen molar-refractivity contribution in [3.63, 3.8) is 0 Å². The first kappa shape index (κ1) is 25.0. The summed E-state index contributed by atoms with van der Waals surface area (Å²) in [6.07, 6.45) is 1.97. The molecule has 1 fully saturated rings. The number of imide groups is 1. The second kappa shape index (κ2) is 10.0. The van der Waals surface area contributed by atoms with Gasteiger partial charge in [0.25, 0.3) is 11.5 Å². The molecule has 3 amide bonds. The fourth-order valence-corrected chi connectivity index (χ4v) is 4.74. The first-order valence-electron chi connectivity index (χ1n) is 12.6. The molecule has 38 heavy (non-hydrogen) atoms. The number of H-pyrrole nitrogens is 1. The number of aromatic amines is 1. The van der Waals surface area contributed by atoms with E-state index in [1.54, 1.807) is 0 Å². The molecule has 4 aromatic rings. The van der Waals surface area contributed by atoms with Gasteiger partial charge in [-0.1, -0.05) is 60.7 Å². The van der Waals surface area contributed by atoms with Crippen LogP contribution in [0.4, 0.5) is 4.79 Å². The fourth-order valence-electron chi connectivity index (χ4n) is 4.74. The molecule has 0 unspecified atom stereocenters. The van der Waals surface area contributed by atoms with Crippen LogP contribution in [0, 0.1) is 27.7 Å². The van der Waals surface area contributed by atoms with Gasteiger partial charge in [0.1, 0.15) is 5.70 Å². The van der Waals surface area contributed by atoms with Crippen molar-refractivity contribution in [2.75, 3.05) is 0 Å². The van der Waals surface area contributed by atoms with Crippen LogP contribution in [0.3, 0.4) is 0 Å². The maximum Gasteiger partial charge on any atom is 0.329 e. The third kappa shape index (κ3) is 4.59. The van der Waals surface area contributed by atoms with Crippen LogP contribution < -0.4 is 10.9 Å². The van der Waals surface area contributed by atoms with Crippen LogP contribution in [0.5, 0.6) is 0 Å². The van der Waals surface area contributed by atoms with Gasteiger partial charge in [-0.3, -0.25) is 19.6 Å². The maximum atomic E-state index is 13.8. The van der Waals surface area contributed by atoms with Crippen LogP contribution in [0.1, 0.15) is 44.6 Å². The first-order chi connectivity index (χ1) is 18.2. The predicted octanol–water partition coefficient (Wildman–Crippen LogP) is 5.08. The van der Waals surface area contributed by atoms with Gasteiger partial charge in [-0.05, 0) is 73.2 Å². The van der Waals surface area contributed by atoms with Gasteiger partial charge in [-0.15, -0.1) is 0 Å². The molecule has 2 heterocycles. The number of hydrogen-bond donors (Lipinski definition) is 2. The number of hydrogen-bond acceptors (Lipinski definition) is 3. The number of nitrogens with one attached hydrogen (secondary N) is 2. The summed E-state index contributed by atoms with van der Waals surface area (Å²) in [6.45, 7) is 8.10. The SMILES string of the molecule is Cc1ccccc1Cc1[nH]n(-c2cccc(C)c2C)c(=O)c1C=C1NC(=O)N(Cc2ccccc2C)C1=O. The predicted molar refractivity (Wildman–Crippen MR) is 148 cm³/mol. The molecule has 192 valence electrons. The molecule has 0 saturated carbocycles. The molecule has 2 N–H and O–H groups in total. The molecule has 1 aromatic heterocycles. The third-order valence-electron chi connectivity index (χ3n) is 7.29. The van der Waals surface area contributed by atoms with Crippen LogP contribution in [0.15, 0.2) is 77.2 Å². The van der Waals surface area contributed by atoms with Crippen LogP contribution in [0.25, 0.3) is 11.8 Å². The van der Waals surface area contributed by atoms with Gasteiger partial charge in [-0.2, -0.15) is 0 Å². The Bertz CT molecular complexity index is 1660. The Morgan fingerprint density at radius 3 is 2.08 bits per heavy atom. The van der Waals surface area contributed by atoms with E-state index in [0.29, 0.717) is 17.7 Å². The lowest BCUT2D eigenvalue weighted by atomic mass is 10.0. The van der Waals surface area contributed by atoms with Crippen molar-refractivity contribution in [3.8, 4) is 5.69 Å². The smallest absolute Gasteiger partial charge is 0.303 e. The Labute approximate surface area is 221 Å². The molecule has 5 rings (SSSR count). The minimum Gasteiger partial charge on any atom is -0.303 e. The van der Waals surface area contributed by atoms with Crippen molar-refractivity contribution < 1.29 is 9.59 Å². The van der Waals surface area contributed by atoms with E-state index < -0.39 is 11.9 Å². The number of aromatic nitrogens is 2. The minimum absolute atomic E-state index is 0.0823. The minimum atomic E-state index is -0.504. The van der Waals surface area contributed by atoms with Crippen molar-refractivity contribution in [1.29, 1.82) is 0 Å². The molecule has 7 heteroatoms. The summed E-state index contributed by atoms with van der Waals surface area (Å²) in [5, 5.41) is 5.97. The summed E-state index contributed by atoms with van der Waals surface area (Å²) in [4.78, 5) is 41.0. The second-order valence-electron chi connectivity index (χ2n) is 9.77. The first-order valence-corrected chi connectivity index (χ1v) is 12.6. The Hall–Kier alpha value is -4.65. The summed E-state index contributed by atoms with van der Waals surface area (Å²) in [5.41, 5.74) is 7.63. The lowest BCUT2D eigenvalue weighted by molar-refractivity contribution is -0.123. The highest BCUT2D eigenvalue weighted by atomic mass is 16.2. The summed E-state index contributed by atoms with van der Waals surface area (Å²) in [6, 6.07) is 20.9. The number of nitrogens with zero attached hydrogens (tertiary/aromatic N) is 2. The molecular weight excluding hydrogens is 476 g/mol. The van der Waals surface area contributed by atoms with E-state index in [-0.39, 0.29) is 17.8 Å². The second-order valence-corrected chi connectivity index (χ2v) is 9.77. The van der Waals surface area contributed by atoms with Crippen molar-refractivity contribution >= 4 is 18.0 Å². The molecular formula is C31H30N4O3. The fraction of sp³-hybridized carbons (Fsp3) is 0.194. The van der Waals surface area contributed by atoms with Crippen LogP contribution >= 0.6 is 0 Å². The van der Waals surface area contributed by atoms with Crippen molar-refractivity contribution in [2.45, 2.75) is 40.7 Å². The van der Waals surface area contributed by atoms with E-state index in [2.05, 4.69) is 10.4 Å². The number of carbonyl (C=O) groups is 2. The number of rotatable bonds is 6. The normalized spacial score (nSPS) is 14.4. The number of aryl methyl sites for hydroxylation is 3.